The van der Waals surface area contributed by atoms with E-state index < -0.39 is 0 Å². The molecule has 1 nitrogen and oxygen atoms in total. The largest absolute Gasteiger partial charge is 0.310 e. The Balaban J connectivity index is 2.24. The third kappa shape index (κ3) is 3.79. The number of hydrogen-bond acceptors (Lipinski definition) is 1. The molecular formula is C16H17ClFN. The van der Waals surface area contributed by atoms with Crippen LogP contribution in [0, 0.1) is 5.82 Å². The van der Waals surface area contributed by atoms with Gasteiger partial charge in [0.25, 0.3) is 0 Å². The fraction of sp³-hybridized carbons (Fsp3) is 0.250. The van der Waals surface area contributed by atoms with E-state index in [0.717, 1.165) is 29.1 Å². The quantitative estimate of drug-likeness (QED) is 0.856. The molecule has 1 atom stereocenters. The Morgan fingerprint density at radius 3 is 2.63 bits per heavy atom. The first-order valence-electron chi connectivity index (χ1n) is 6.43. The normalized spacial score (nSPS) is 12.4. The summed E-state index contributed by atoms with van der Waals surface area (Å²) < 4.78 is 13.3. The number of benzene rings is 2. The number of likely N-dealkylation sites (N-methyl/N-ethyl adjacent to an activating group) is 1. The number of rotatable bonds is 5. The van der Waals surface area contributed by atoms with Crippen LogP contribution in [0.5, 0.6) is 0 Å². The lowest BCUT2D eigenvalue weighted by Crippen LogP contribution is -2.23. The molecule has 2 aromatic carbocycles. The van der Waals surface area contributed by atoms with Crippen molar-refractivity contribution in [2.75, 3.05) is 6.54 Å². The molecule has 19 heavy (non-hydrogen) atoms. The highest BCUT2D eigenvalue weighted by Crippen LogP contribution is 2.23. The molecule has 0 aromatic heterocycles. The van der Waals surface area contributed by atoms with Crippen LogP contribution >= 0.6 is 11.6 Å². The maximum atomic E-state index is 13.3. The van der Waals surface area contributed by atoms with Gasteiger partial charge in [-0.25, -0.2) is 4.39 Å². The van der Waals surface area contributed by atoms with Gasteiger partial charge in [-0.05, 0) is 42.3 Å². The van der Waals surface area contributed by atoms with E-state index in [-0.39, 0.29) is 11.9 Å². The van der Waals surface area contributed by atoms with E-state index in [4.69, 9.17) is 11.6 Å². The van der Waals surface area contributed by atoms with Crippen molar-refractivity contribution in [3.05, 3.63) is 70.5 Å². The average molecular weight is 278 g/mol. The van der Waals surface area contributed by atoms with Gasteiger partial charge in [-0.1, -0.05) is 48.9 Å². The van der Waals surface area contributed by atoms with Gasteiger partial charge in [0.1, 0.15) is 5.82 Å². The number of halogens is 2. The molecule has 0 aliphatic rings. The first kappa shape index (κ1) is 14.0. The first-order chi connectivity index (χ1) is 9.20. The third-order valence-electron chi connectivity index (χ3n) is 3.08. The molecule has 0 spiro atoms. The molecule has 100 valence electrons. The summed E-state index contributed by atoms with van der Waals surface area (Å²) in [4.78, 5) is 0. The zero-order valence-electron chi connectivity index (χ0n) is 10.9. The van der Waals surface area contributed by atoms with Crippen molar-refractivity contribution in [1.29, 1.82) is 0 Å². The van der Waals surface area contributed by atoms with Crippen LogP contribution in [-0.2, 0) is 6.42 Å². The maximum absolute atomic E-state index is 13.3. The van der Waals surface area contributed by atoms with Gasteiger partial charge in [-0.3, -0.25) is 0 Å². The predicted octanol–water partition coefficient (Wildman–Crippen LogP) is 4.37. The Morgan fingerprint density at radius 2 is 1.95 bits per heavy atom. The molecular weight excluding hydrogens is 261 g/mol. The molecule has 0 heterocycles. The fourth-order valence-electron chi connectivity index (χ4n) is 2.16. The summed E-state index contributed by atoms with van der Waals surface area (Å²) in [5, 5.41) is 4.13. The van der Waals surface area contributed by atoms with Gasteiger partial charge in [-0.15, -0.1) is 0 Å². The van der Waals surface area contributed by atoms with Gasteiger partial charge in [0, 0.05) is 11.1 Å². The second-order valence-electron chi connectivity index (χ2n) is 4.46. The Morgan fingerprint density at radius 1 is 1.16 bits per heavy atom. The maximum Gasteiger partial charge on any atom is 0.123 e. The second kappa shape index (κ2) is 6.69. The summed E-state index contributed by atoms with van der Waals surface area (Å²) in [7, 11) is 0. The summed E-state index contributed by atoms with van der Waals surface area (Å²) in [6, 6.07) is 14.5. The topological polar surface area (TPSA) is 12.0 Å². The molecule has 2 aromatic rings. The van der Waals surface area contributed by atoms with Crippen molar-refractivity contribution in [2.45, 2.75) is 19.4 Å². The van der Waals surface area contributed by atoms with E-state index >= 15 is 0 Å². The second-order valence-corrected chi connectivity index (χ2v) is 4.87. The van der Waals surface area contributed by atoms with E-state index in [2.05, 4.69) is 5.32 Å². The summed E-state index contributed by atoms with van der Waals surface area (Å²) in [5.74, 6) is -0.209. The van der Waals surface area contributed by atoms with Crippen LogP contribution in [0.1, 0.15) is 24.1 Å². The molecule has 0 bridgehead atoms. The van der Waals surface area contributed by atoms with Crippen LogP contribution in [0.3, 0.4) is 0 Å². The molecule has 2 rings (SSSR count). The average Bonchev–Trinajstić information content (AvgIpc) is 2.40. The fourth-order valence-corrected chi connectivity index (χ4v) is 2.37. The van der Waals surface area contributed by atoms with Gasteiger partial charge in [-0.2, -0.15) is 0 Å². The molecule has 1 unspecified atom stereocenters. The zero-order valence-corrected chi connectivity index (χ0v) is 11.6. The zero-order chi connectivity index (χ0) is 13.7. The minimum atomic E-state index is -0.209. The highest BCUT2D eigenvalue weighted by atomic mass is 35.5. The minimum absolute atomic E-state index is 0.0700. The standard InChI is InChI=1S/C16H17ClFN/c1-2-19-16(13-7-5-8-14(18)10-13)11-12-6-3-4-9-15(12)17/h3-10,16,19H,2,11H2,1H3. The van der Waals surface area contributed by atoms with E-state index in [1.54, 1.807) is 12.1 Å². The van der Waals surface area contributed by atoms with Crippen molar-refractivity contribution in [3.8, 4) is 0 Å². The Bertz CT molecular complexity index is 542. The van der Waals surface area contributed by atoms with Crippen LogP contribution in [0.4, 0.5) is 4.39 Å². The monoisotopic (exact) mass is 277 g/mol. The van der Waals surface area contributed by atoms with Gasteiger partial charge >= 0.3 is 0 Å². The SMILES string of the molecule is CCNC(Cc1ccccc1Cl)c1cccc(F)c1. The summed E-state index contributed by atoms with van der Waals surface area (Å²) in [5.41, 5.74) is 2.01. The van der Waals surface area contributed by atoms with Gasteiger partial charge in [0.2, 0.25) is 0 Å². The predicted molar refractivity (Wildman–Crippen MR) is 78.0 cm³/mol. The van der Waals surface area contributed by atoms with Crippen LogP contribution in [-0.4, -0.2) is 6.54 Å². The van der Waals surface area contributed by atoms with Gasteiger partial charge < -0.3 is 5.32 Å². The highest BCUT2D eigenvalue weighted by molar-refractivity contribution is 6.31. The summed E-state index contributed by atoms with van der Waals surface area (Å²) in [6.45, 7) is 2.87. The van der Waals surface area contributed by atoms with Crippen LogP contribution < -0.4 is 5.32 Å². The smallest absolute Gasteiger partial charge is 0.123 e. The molecule has 1 N–H and O–H groups in total. The highest BCUT2D eigenvalue weighted by Gasteiger charge is 2.13. The molecule has 0 aliphatic carbocycles. The molecule has 0 saturated heterocycles. The van der Waals surface area contributed by atoms with E-state index in [0.29, 0.717) is 0 Å². The van der Waals surface area contributed by atoms with Crippen molar-refractivity contribution >= 4 is 11.6 Å². The molecule has 0 radical (unpaired) electrons. The molecule has 3 heteroatoms. The van der Waals surface area contributed by atoms with Crippen molar-refractivity contribution in [2.24, 2.45) is 0 Å². The lowest BCUT2D eigenvalue weighted by molar-refractivity contribution is 0.543. The lowest BCUT2D eigenvalue weighted by Gasteiger charge is -2.19. The lowest BCUT2D eigenvalue weighted by atomic mass is 9.98. The van der Waals surface area contributed by atoms with E-state index in [9.17, 15) is 4.39 Å². The summed E-state index contributed by atoms with van der Waals surface area (Å²) in [6.07, 6.45) is 0.747. The van der Waals surface area contributed by atoms with Crippen molar-refractivity contribution in [3.63, 3.8) is 0 Å². The molecule has 0 aliphatic heterocycles. The van der Waals surface area contributed by atoms with Gasteiger partial charge in [0.15, 0.2) is 0 Å². The van der Waals surface area contributed by atoms with Crippen molar-refractivity contribution in [1.82, 2.24) is 5.32 Å². The van der Waals surface area contributed by atoms with Crippen LogP contribution in [0.25, 0.3) is 0 Å². The Kier molecular flexibility index (Phi) is 4.94. The third-order valence-corrected chi connectivity index (χ3v) is 3.45. The number of hydrogen-bond donors (Lipinski definition) is 1. The van der Waals surface area contributed by atoms with Gasteiger partial charge in [0.05, 0.1) is 0 Å². The molecule has 0 amide bonds. The Labute approximate surface area is 118 Å². The van der Waals surface area contributed by atoms with Crippen molar-refractivity contribution < 1.29 is 4.39 Å². The van der Waals surface area contributed by atoms with Crippen LogP contribution in [0.2, 0.25) is 5.02 Å². The Hall–Kier alpha value is -1.38. The first-order valence-corrected chi connectivity index (χ1v) is 6.80. The summed E-state index contributed by atoms with van der Waals surface area (Å²) >= 11 is 6.19. The molecule has 0 fully saturated rings. The number of nitrogens with one attached hydrogen (secondary N) is 1. The minimum Gasteiger partial charge on any atom is -0.310 e. The molecule has 0 saturated carbocycles. The van der Waals surface area contributed by atoms with E-state index in [1.165, 1.54) is 6.07 Å². The van der Waals surface area contributed by atoms with Crippen LogP contribution in [0.15, 0.2) is 48.5 Å². The van der Waals surface area contributed by atoms with E-state index in [1.807, 2.05) is 37.3 Å².